The topological polar surface area (TPSA) is 113 Å². The lowest BCUT2D eigenvalue weighted by Crippen LogP contribution is -2.27. The highest BCUT2D eigenvalue weighted by molar-refractivity contribution is 5.76. The van der Waals surface area contributed by atoms with E-state index in [1.807, 2.05) is 66.7 Å². The van der Waals surface area contributed by atoms with Gasteiger partial charge in [-0.05, 0) is 58.7 Å². The predicted molar refractivity (Wildman–Crippen MR) is 176 cm³/mol. The van der Waals surface area contributed by atoms with Gasteiger partial charge in [0.2, 0.25) is 0 Å². The molecule has 0 unspecified atom stereocenters. The maximum absolute atomic E-state index is 11.1. The first-order valence-electron chi connectivity index (χ1n) is 14.9. The third kappa shape index (κ3) is 8.35. The molecule has 5 aromatic rings. The lowest BCUT2D eigenvalue weighted by molar-refractivity contribution is -0.112. The van der Waals surface area contributed by atoms with Gasteiger partial charge in [0.1, 0.15) is 25.1 Å². The monoisotopic (exact) mass is 611 g/mol. The number of carbonyl (C=O) groups is 4. The number of nitrogens with zero attached hydrogens (tertiary/aromatic N) is 5. The number of benzene rings is 2. The van der Waals surface area contributed by atoms with Crippen molar-refractivity contribution in [1.82, 2.24) is 24.8 Å². The van der Waals surface area contributed by atoms with Crippen LogP contribution in [0.25, 0.3) is 45.0 Å². The highest BCUT2D eigenvalue weighted by atomic mass is 16.1. The molecule has 9 nitrogen and oxygen atoms in total. The van der Waals surface area contributed by atoms with Gasteiger partial charge in [0.15, 0.2) is 0 Å². The van der Waals surface area contributed by atoms with Gasteiger partial charge in [-0.15, -0.1) is 0 Å². The van der Waals surface area contributed by atoms with E-state index in [0.29, 0.717) is 47.3 Å². The third-order valence-electron chi connectivity index (χ3n) is 7.39. The summed E-state index contributed by atoms with van der Waals surface area (Å²) in [5.74, 6) is 0. The van der Waals surface area contributed by atoms with Crippen molar-refractivity contribution in [2.24, 2.45) is 0 Å². The Morgan fingerprint density at radius 1 is 0.413 bits per heavy atom. The molecule has 2 aromatic carbocycles. The zero-order chi connectivity index (χ0) is 32.1. The number of carbonyl (C=O) groups excluding carboxylic acids is 4. The van der Waals surface area contributed by atoms with Gasteiger partial charge in [-0.25, -0.2) is 15.0 Å². The molecule has 0 aliphatic rings. The summed E-state index contributed by atoms with van der Waals surface area (Å²) >= 11 is 0. The summed E-state index contributed by atoms with van der Waals surface area (Å²) in [5, 5.41) is 0. The van der Waals surface area contributed by atoms with Crippen LogP contribution in [0.5, 0.6) is 0 Å². The van der Waals surface area contributed by atoms with Crippen LogP contribution in [0.2, 0.25) is 0 Å². The van der Waals surface area contributed by atoms with Crippen molar-refractivity contribution in [3.8, 4) is 45.0 Å². The van der Waals surface area contributed by atoms with Crippen LogP contribution in [-0.4, -0.2) is 76.1 Å². The number of aldehydes is 4. The van der Waals surface area contributed by atoms with E-state index in [-0.39, 0.29) is 26.2 Å². The molecular formula is C37H33N5O4. The molecular weight excluding hydrogens is 578 g/mol. The largest absolute Gasteiger partial charge is 0.302 e. The Labute approximate surface area is 267 Å². The van der Waals surface area contributed by atoms with E-state index in [1.165, 1.54) is 0 Å². The van der Waals surface area contributed by atoms with Crippen molar-refractivity contribution < 1.29 is 19.2 Å². The van der Waals surface area contributed by atoms with Gasteiger partial charge in [0.25, 0.3) is 0 Å². The Kier molecular flexibility index (Phi) is 11.1. The first kappa shape index (κ1) is 31.9. The molecule has 0 saturated heterocycles. The smallest absolute Gasteiger partial charge is 0.134 e. The number of hydrogen-bond donors (Lipinski definition) is 0. The van der Waals surface area contributed by atoms with E-state index < -0.39 is 0 Å². The van der Waals surface area contributed by atoms with Gasteiger partial charge in [-0.3, -0.25) is 9.80 Å². The van der Waals surface area contributed by atoms with Crippen LogP contribution in [0.1, 0.15) is 11.4 Å². The zero-order valence-corrected chi connectivity index (χ0v) is 25.2. The molecule has 0 spiro atoms. The minimum Gasteiger partial charge on any atom is -0.302 e. The summed E-state index contributed by atoms with van der Waals surface area (Å²) in [6.45, 7) is 1.17. The molecule has 9 heteroatoms. The van der Waals surface area contributed by atoms with Crippen molar-refractivity contribution in [3.05, 3.63) is 115 Å². The van der Waals surface area contributed by atoms with Crippen LogP contribution in [0.4, 0.5) is 0 Å². The van der Waals surface area contributed by atoms with E-state index in [4.69, 9.17) is 15.0 Å². The Hall–Kier alpha value is -5.51. The van der Waals surface area contributed by atoms with Crippen molar-refractivity contribution >= 4 is 25.1 Å². The highest BCUT2D eigenvalue weighted by Gasteiger charge is 2.14. The molecule has 0 amide bonds. The van der Waals surface area contributed by atoms with Crippen molar-refractivity contribution in [1.29, 1.82) is 0 Å². The zero-order valence-electron chi connectivity index (χ0n) is 25.2. The fraction of sp³-hybridized carbons (Fsp3) is 0.162. The lowest BCUT2D eigenvalue weighted by Gasteiger charge is -2.17. The first-order chi connectivity index (χ1) is 22.6. The van der Waals surface area contributed by atoms with Crippen LogP contribution in [0.3, 0.4) is 0 Å². The van der Waals surface area contributed by atoms with Crippen LogP contribution >= 0.6 is 0 Å². The van der Waals surface area contributed by atoms with Gasteiger partial charge in [-0.1, -0.05) is 66.7 Å². The normalized spacial score (nSPS) is 11.0. The fourth-order valence-corrected chi connectivity index (χ4v) is 5.15. The van der Waals surface area contributed by atoms with E-state index >= 15 is 0 Å². The summed E-state index contributed by atoms with van der Waals surface area (Å²) in [5.41, 5.74) is 8.09. The summed E-state index contributed by atoms with van der Waals surface area (Å²) in [6.07, 6.45) is 3.08. The van der Waals surface area contributed by atoms with Crippen LogP contribution < -0.4 is 0 Å². The molecule has 46 heavy (non-hydrogen) atoms. The Morgan fingerprint density at radius 3 is 1.26 bits per heavy atom. The molecule has 0 N–H and O–H groups in total. The van der Waals surface area contributed by atoms with E-state index in [2.05, 4.69) is 36.4 Å². The summed E-state index contributed by atoms with van der Waals surface area (Å²) < 4.78 is 0. The molecule has 5 rings (SSSR count). The van der Waals surface area contributed by atoms with Crippen molar-refractivity contribution in [2.45, 2.75) is 13.1 Å². The predicted octanol–water partition coefficient (Wildman–Crippen LogP) is 4.94. The Morgan fingerprint density at radius 2 is 0.826 bits per heavy atom. The standard InChI is InChI=1S/C37H33N5O4/c43-20-16-41(17-21-44)26-32-8-4-10-34(38-32)36-24-31(30-14-12-29(13-15-30)28-6-2-1-3-7-28)25-37(40-36)35-11-5-9-33(39-35)27-42(18-22-45)19-23-46/h1-15,20-25H,16-19,26-27H2. The average Bonchev–Trinajstić information content (AvgIpc) is 3.09. The number of rotatable bonds is 16. The fourth-order valence-electron chi connectivity index (χ4n) is 5.15. The van der Waals surface area contributed by atoms with E-state index in [1.54, 1.807) is 9.80 Å². The highest BCUT2D eigenvalue weighted by Crippen LogP contribution is 2.31. The summed E-state index contributed by atoms with van der Waals surface area (Å²) in [6, 6.07) is 33.7. The summed E-state index contributed by atoms with van der Waals surface area (Å²) in [4.78, 5) is 62.6. The van der Waals surface area contributed by atoms with Gasteiger partial charge in [0, 0.05) is 13.1 Å². The van der Waals surface area contributed by atoms with Gasteiger partial charge in [0.05, 0.1) is 60.3 Å². The molecule has 3 heterocycles. The molecule has 0 aliphatic heterocycles. The van der Waals surface area contributed by atoms with Crippen LogP contribution in [0, 0.1) is 0 Å². The van der Waals surface area contributed by atoms with Gasteiger partial charge in [-0.2, -0.15) is 0 Å². The number of pyridine rings is 3. The van der Waals surface area contributed by atoms with Crippen molar-refractivity contribution in [3.63, 3.8) is 0 Å². The first-order valence-corrected chi connectivity index (χ1v) is 14.9. The second-order valence-corrected chi connectivity index (χ2v) is 10.7. The third-order valence-corrected chi connectivity index (χ3v) is 7.39. The van der Waals surface area contributed by atoms with Crippen LogP contribution in [-0.2, 0) is 32.3 Å². The average molecular weight is 612 g/mol. The lowest BCUT2D eigenvalue weighted by atomic mass is 9.99. The van der Waals surface area contributed by atoms with Gasteiger partial charge < -0.3 is 19.2 Å². The molecule has 0 bridgehead atoms. The molecule has 0 radical (unpaired) electrons. The second-order valence-electron chi connectivity index (χ2n) is 10.7. The number of hydrogen-bond acceptors (Lipinski definition) is 9. The molecule has 3 aromatic heterocycles. The Balaban J connectivity index is 1.55. The minimum absolute atomic E-state index is 0.126. The maximum Gasteiger partial charge on any atom is 0.134 e. The maximum atomic E-state index is 11.1. The molecule has 0 aliphatic carbocycles. The molecule has 0 atom stereocenters. The molecule has 0 saturated carbocycles. The SMILES string of the molecule is O=CCN(CC=O)Cc1cccc(-c2cc(-c3ccc(-c4ccccc4)cc3)cc(-c3cccc(CN(CC=O)CC=O)n3)n2)n1. The molecule has 0 fully saturated rings. The summed E-state index contributed by atoms with van der Waals surface area (Å²) in [7, 11) is 0. The van der Waals surface area contributed by atoms with E-state index in [9.17, 15) is 19.2 Å². The van der Waals surface area contributed by atoms with Crippen molar-refractivity contribution in [2.75, 3.05) is 26.2 Å². The molecule has 230 valence electrons. The van der Waals surface area contributed by atoms with E-state index in [0.717, 1.165) is 47.4 Å². The second kappa shape index (κ2) is 16.0. The number of aromatic nitrogens is 3. The van der Waals surface area contributed by atoms with Gasteiger partial charge >= 0.3 is 0 Å². The minimum atomic E-state index is 0.126. The van der Waals surface area contributed by atoms with Crippen LogP contribution in [0.15, 0.2) is 103 Å². The Bertz CT molecular complexity index is 1690. The quantitative estimate of drug-likeness (QED) is 0.143.